The molecule has 2 aliphatic rings. The Bertz CT molecular complexity index is 1320. The second kappa shape index (κ2) is 8.84. The quantitative estimate of drug-likeness (QED) is 0.433. The van der Waals surface area contributed by atoms with Crippen molar-refractivity contribution in [2.24, 2.45) is 0 Å². The molecule has 1 amide bonds. The molecule has 3 aromatic rings. The van der Waals surface area contributed by atoms with E-state index in [2.05, 4.69) is 0 Å². The predicted octanol–water partition coefficient (Wildman–Crippen LogP) is 6.31. The van der Waals surface area contributed by atoms with Gasteiger partial charge in [-0.05, 0) is 43.0 Å². The molecule has 1 saturated carbocycles. The van der Waals surface area contributed by atoms with Crippen LogP contribution in [0.25, 0.3) is 11.0 Å². The topological polar surface area (TPSA) is 80.0 Å². The number of benzene rings is 2. The van der Waals surface area contributed by atoms with Crippen LogP contribution in [0.4, 0.5) is 0 Å². The number of hydrogen-bond donors (Lipinski definition) is 1. The van der Waals surface area contributed by atoms with Gasteiger partial charge in [0, 0.05) is 22.5 Å². The largest absolute Gasteiger partial charge is 0.503 e. The zero-order valence-corrected chi connectivity index (χ0v) is 19.9. The highest BCUT2D eigenvalue weighted by Gasteiger charge is 2.47. The van der Waals surface area contributed by atoms with E-state index in [1.807, 2.05) is 31.2 Å². The number of carbonyl (C=O) groups excluding carboxylic acids is 2. The van der Waals surface area contributed by atoms with Gasteiger partial charge in [-0.2, -0.15) is 0 Å². The lowest BCUT2D eigenvalue weighted by Gasteiger charge is -2.37. The smallest absolute Gasteiger partial charge is 0.290 e. The van der Waals surface area contributed by atoms with E-state index in [0.29, 0.717) is 21.7 Å². The number of fused-ring (bicyclic) bond motifs is 1. The maximum absolute atomic E-state index is 13.8. The number of methoxy groups -OCH3 is 1. The van der Waals surface area contributed by atoms with E-state index in [-0.39, 0.29) is 17.4 Å². The molecule has 5 rings (SSSR count). The third kappa shape index (κ3) is 3.66. The third-order valence-electron chi connectivity index (χ3n) is 6.93. The van der Waals surface area contributed by atoms with E-state index in [4.69, 9.17) is 20.8 Å². The minimum Gasteiger partial charge on any atom is -0.503 e. The Morgan fingerprint density at radius 1 is 1.15 bits per heavy atom. The van der Waals surface area contributed by atoms with Gasteiger partial charge in [-0.3, -0.25) is 9.59 Å². The summed E-state index contributed by atoms with van der Waals surface area (Å²) in [6.45, 7) is 1.95. The van der Waals surface area contributed by atoms with Crippen molar-refractivity contribution in [3.05, 3.63) is 75.7 Å². The summed E-state index contributed by atoms with van der Waals surface area (Å²) >= 11 is 6.18. The van der Waals surface area contributed by atoms with Gasteiger partial charge in [0.25, 0.3) is 5.91 Å². The van der Waals surface area contributed by atoms with Crippen LogP contribution in [0.5, 0.6) is 5.75 Å². The minimum atomic E-state index is -0.678. The molecule has 176 valence electrons. The van der Waals surface area contributed by atoms with Crippen LogP contribution in [0, 0.1) is 6.92 Å². The zero-order valence-electron chi connectivity index (χ0n) is 19.1. The average molecular weight is 480 g/mol. The number of furan rings is 1. The molecule has 0 radical (unpaired) electrons. The van der Waals surface area contributed by atoms with E-state index >= 15 is 0 Å². The Labute approximate surface area is 202 Å². The van der Waals surface area contributed by atoms with Crippen LogP contribution >= 0.6 is 11.6 Å². The van der Waals surface area contributed by atoms with Crippen LogP contribution in [-0.2, 0) is 4.79 Å². The van der Waals surface area contributed by atoms with E-state index in [9.17, 15) is 14.7 Å². The van der Waals surface area contributed by atoms with Crippen molar-refractivity contribution in [1.29, 1.82) is 0 Å². The minimum absolute atomic E-state index is 0.0222. The van der Waals surface area contributed by atoms with Crippen LogP contribution in [0.2, 0.25) is 5.02 Å². The fourth-order valence-corrected chi connectivity index (χ4v) is 5.49. The molecule has 1 atom stereocenters. The van der Waals surface area contributed by atoms with Crippen LogP contribution in [0.3, 0.4) is 0 Å². The van der Waals surface area contributed by atoms with Gasteiger partial charge in [0.15, 0.2) is 22.9 Å². The summed E-state index contributed by atoms with van der Waals surface area (Å²) in [5.41, 5.74) is 2.20. The first-order chi connectivity index (χ1) is 16.4. The number of Topliss-reactive ketones (excluding diaryl/α,β-unsaturated/α-hetero) is 1. The molecule has 1 aromatic heterocycles. The maximum atomic E-state index is 13.8. The van der Waals surface area contributed by atoms with Crippen molar-refractivity contribution in [3.63, 3.8) is 0 Å². The summed E-state index contributed by atoms with van der Waals surface area (Å²) in [4.78, 5) is 28.9. The maximum Gasteiger partial charge on any atom is 0.290 e. The highest BCUT2D eigenvalue weighted by Crippen LogP contribution is 2.44. The molecule has 0 spiro atoms. The monoisotopic (exact) mass is 479 g/mol. The van der Waals surface area contributed by atoms with Gasteiger partial charge in [-0.25, -0.2) is 0 Å². The Morgan fingerprint density at radius 3 is 2.59 bits per heavy atom. The first-order valence-electron chi connectivity index (χ1n) is 11.5. The van der Waals surface area contributed by atoms with E-state index < -0.39 is 23.5 Å². The normalized spacial score (nSPS) is 19.3. The molecule has 0 saturated heterocycles. The second-order valence-corrected chi connectivity index (χ2v) is 9.43. The summed E-state index contributed by atoms with van der Waals surface area (Å²) in [6, 6.07) is 11.8. The van der Waals surface area contributed by atoms with Gasteiger partial charge in [-0.15, -0.1) is 0 Å². The lowest BCUT2D eigenvalue weighted by Crippen LogP contribution is -2.41. The number of nitrogens with zero attached hydrogens (tertiary/aromatic N) is 1. The summed E-state index contributed by atoms with van der Waals surface area (Å²) in [7, 11) is 1.50. The van der Waals surface area contributed by atoms with Crippen LogP contribution in [-0.4, -0.2) is 34.8 Å². The SMILES string of the molecule is COc1cc(Cl)cc2cc(C(=O)C3=C(O)C(=O)N(C4CCCCC4)C3c3ccccc3C)oc12. The van der Waals surface area contributed by atoms with E-state index in [0.717, 1.165) is 43.2 Å². The van der Waals surface area contributed by atoms with E-state index in [1.165, 1.54) is 7.11 Å². The predicted molar refractivity (Wildman–Crippen MR) is 129 cm³/mol. The first kappa shape index (κ1) is 22.5. The number of ether oxygens (including phenoxy) is 1. The number of aliphatic hydroxyl groups excluding tert-OH is 1. The molecule has 1 aliphatic heterocycles. The second-order valence-electron chi connectivity index (χ2n) is 8.99. The van der Waals surface area contributed by atoms with Gasteiger partial charge in [0.05, 0.1) is 18.7 Å². The highest BCUT2D eigenvalue weighted by molar-refractivity contribution is 6.31. The first-order valence-corrected chi connectivity index (χ1v) is 11.9. The number of hydrogen-bond acceptors (Lipinski definition) is 5. The molecule has 1 N–H and O–H groups in total. The summed E-state index contributed by atoms with van der Waals surface area (Å²) in [5, 5.41) is 12.1. The number of rotatable bonds is 5. The van der Waals surface area contributed by atoms with Gasteiger partial charge in [0.1, 0.15) is 0 Å². The number of carbonyl (C=O) groups is 2. The summed E-state index contributed by atoms with van der Waals surface area (Å²) < 4.78 is 11.2. The van der Waals surface area contributed by atoms with E-state index in [1.54, 1.807) is 23.1 Å². The van der Waals surface area contributed by atoms with Crippen molar-refractivity contribution in [2.45, 2.75) is 51.1 Å². The molecule has 7 heteroatoms. The Morgan fingerprint density at radius 2 is 1.88 bits per heavy atom. The van der Waals surface area contributed by atoms with Gasteiger partial charge in [-0.1, -0.05) is 55.1 Å². The number of ketones is 1. The number of halogens is 1. The molecular weight excluding hydrogens is 454 g/mol. The van der Waals surface area contributed by atoms with Crippen molar-refractivity contribution < 1.29 is 23.8 Å². The van der Waals surface area contributed by atoms with Gasteiger partial charge < -0.3 is 19.2 Å². The third-order valence-corrected chi connectivity index (χ3v) is 7.15. The Kier molecular flexibility index (Phi) is 5.86. The number of amides is 1. The molecular formula is C27H26ClNO5. The van der Waals surface area contributed by atoms with Crippen molar-refractivity contribution in [2.75, 3.05) is 7.11 Å². The molecule has 1 fully saturated rings. The molecule has 2 heterocycles. The molecule has 34 heavy (non-hydrogen) atoms. The summed E-state index contributed by atoms with van der Waals surface area (Å²) in [5.74, 6) is -1.10. The average Bonchev–Trinajstić information content (AvgIpc) is 3.38. The van der Waals surface area contributed by atoms with Crippen LogP contribution in [0.1, 0.15) is 59.8 Å². The highest BCUT2D eigenvalue weighted by atomic mass is 35.5. The summed E-state index contributed by atoms with van der Waals surface area (Å²) in [6.07, 6.45) is 4.86. The van der Waals surface area contributed by atoms with Crippen molar-refractivity contribution in [1.82, 2.24) is 4.90 Å². The Balaban J connectivity index is 1.63. The fraction of sp³-hybridized carbons (Fsp3) is 0.333. The van der Waals surface area contributed by atoms with Crippen LogP contribution < -0.4 is 4.74 Å². The van der Waals surface area contributed by atoms with Crippen LogP contribution in [0.15, 0.2) is 58.2 Å². The molecule has 1 aliphatic carbocycles. The molecule has 6 nitrogen and oxygen atoms in total. The number of aliphatic hydroxyl groups is 1. The lowest BCUT2D eigenvalue weighted by molar-refractivity contribution is -0.132. The fourth-order valence-electron chi connectivity index (χ4n) is 5.27. The number of aryl methyl sites for hydroxylation is 1. The van der Waals surface area contributed by atoms with Gasteiger partial charge >= 0.3 is 0 Å². The lowest BCUT2D eigenvalue weighted by atomic mass is 9.88. The standard InChI is InChI=1S/C27H26ClNO5/c1-15-8-6-7-11-19(15)23-22(25(31)27(32)29(23)18-9-4-3-5-10-18)24(30)20-13-16-12-17(28)14-21(33-2)26(16)34-20/h6-8,11-14,18,23,31H,3-5,9-10H2,1-2H3. The molecule has 2 aromatic carbocycles. The van der Waals surface area contributed by atoms with Gasteiger partial charge in [0.2, 0.25) is 5.78 Å². The van der Waals surface area contributed by atoms with Crippen molar-refractivity contribution >= 4 is 34.3 Å². The molecule has 0 bridgehead atoms. The molecule has 1 unspecified atom stereocenters. The zero-order chi connectivity index (χ0) is 24.0. The Hall–Kier alpha value is -3.25. The van der Waals surface area contributed by atoms with Crippen molar-refractivity contribution in [3.8, 4) is 5.75 Å².